The van der Waals surface area contributed by atoms with E-state index in [1.807, 2.05) is 30.3 Å². The lowest BCUT2D eigenvalue weighted by molar-refractivity contribution is 0.0949. The molecule has 0 atom stereocenters. The van der Waals surface area contributed by atoms with Crippen LogP contribution >= 0.6 is 0 Å². The van der Waals surface area contributed by atoms with Gasteiger partial charge in [-0.15, -0.1) is 0 Å². The molecule has 0 saturated carbocycles. The zero-order valence-corrected chi connectivity index (χ0v) is 16.7. The Morgan fingerprint density at radius 2 is 1.89 bits per heavy atom. The molecule has 0 fully saturated rings. The number of nitrogens with zero attached hydrogens (tertiary/aromatic N) is 2. The Bertz CT molecular complexity index is 914. The van der Waals surface area contributed by atoms with Crippen LogP contribution in [0.3, 0.4) is 0 Å². The van der Waals surface area contributed by atoms with Crippen LogP contribution in [-0.2, 0) is 6.42 Å². The van der Waals surface area contributed by atoms with Crippen molar-refractivity contribution in [3.8, 4) is 5.75 Å². The number of fused-ring (bicyclic) bond motifs is 1. The van der Waals surface area contributed by atoms with Crippen molar-refractivity contribution in [2.24, 2.45) is 0 Å². The Balaban J connectivity index is 1.65. The van der Waals surface area contributed by atoms with Crippen LogP contribution in [0.25, 0.3) is 11.1 Å². The first-order chi connectivity index (χ1) is 13.6. The number of hydrogen-bond donors (Lipinski definition) is 1. The SMILES string of the molecule is CCN(CC)CCNC(=O)c1ccc2nc(Cc3ccc(OC)cc3)oc2c1. The van der Waals surface area contributed by atoms with Gasteiger partial charge in [0.2, 0.25) is 0 Å². The van der Waals surface area contributed by atoms with E-state index in [4.69, 9.17) is 9.15 Å². The molecule has 0 saturated heterocycles. The van der Waals surface area contributed by atoms with Crippen molar-refractivity contribution in [2.75, 3.05) is 33.3 Å². The van der Waals surface area contributed by atoms with E-state index in [0.717, 1.165) is 36.5 Å². The normalized spacial score (nSPS) is 11.1. The number of carbonyl (C=O) groups is 1. The summed E-state index contributed by atoms with van der Waals surface area (Å²) < 4.78 is 11.0. The average molecular weight is 381 g/mol. The summed E-state index contributed by atoms with van der Waals surface area (Å²) in [5, 5.41) is 2.97. The smallest absolute Gasteiger partial charge is 0.251 e. The standard InChI is InChI=1S/C22H27N3O3/c1-4-25(5-2)13-12-23-22(26)17-8-11-19-20(15-17)28-21(24-19)14-16-6-9-18(27-3)10-7-16/h6-11,15H,4-5,12-14H2,1-3H3,(H,23,26). The quantitative estimate of drug-likeness (QED) is 0.614. The van der Waals surface area contributed by atoms with Crippen molar-refractivity contribution in [3.63, 3.8) is 0 Å². The van der Waals surface area contributed by atoms with Gasteiger partial charge in [0, 0.05) is 25.1 Å². The van der Waals surface area contributed by atoms with Gasteiger partial charge in [-0.05, 0) is 49.0 Å². The molecule has 28 heavy (non-hydrogen) atoms. The van der Waals surface area contributed by atoms with Crippen LogP contribution in [0, 0.1) is 0 Å². The number of methoxy groups -OCH3 is 1. The molecule has 0 spiro atoms. The zero-order chi connectivity index (χ0) is 19.9. The summed E-state index contributed by atoms with van der Waals surface area (Å²) in [6.45, 7) is 7.66. The summed E-state index contributed by atoms with van der Waals surface area (Å²) in [5.74, 6) is 1.35. The van der Waals surface area contributed by atoms with Crippen LogP contribution in [0.15, 0.2) is 46.9 Å². The number of likely N-dealkylation sites (N-methyl/N-ethyl adjacent to an activating group) is 1. The summed E-state index contributed by atoms with van der Waals surface area (Å²) in [6, 6.07) is 13.2. The second-order valence-corrected chi connectivity index (χ2v) is 6.60. The maximum Gasteiger partial charge on any atom is 0.251 e. The molecule has 1 N–H and O–H groups in total. The Morgan fingerprint density at radius 1 is 1.14 bits per heavy atom. The fraction of sp³-hybridized carbons (Fsp3) is 0.364. The molecular weight excluding hydrogens is 354 g/mol. The second-order valence-electron chi connectivity index (χ2n) is 6.60. The largest absolute Gasteiger partial charge is 0.497 e. The van der Waals surface area contributed by atoms with Crippen molar-refractivity contribution in [3.05, 3.63) is 59.5 Å². The van der Waals surface area contributed by atoms with Gasteiger partial charge in [-0.2, -0.15) is 0 Å². The highest BCUT2D eigenvalue weighted by Crippen LogP contribution is 2.20. The highest BCUT2D eigenvalue weighted by molar-refractivity contribution is 5.97. The molecule has 0 aliphatic rings. The lowest BCUT2D eigenvalue weighted by atomic mass is 10.1. The van der Waals surface area contributed by atoms with E-state index in [0.29, 0.717) is 30.0 Å². The third-order valence-electron chi connectivity index (χ3n) is 4.82. The molecule has 1 heterocycles. The topological polar surface area (TPSA) is 67.6 Å². The minimum absolute atomic E-state index is 0.0952. The second kappa shape index (κ2) is 9.37. The van der Waals surface area contributed by atoms with Gasteiger partial charge in [0.15, 0.2) is 11.5 Å². The van der Waals surface area contributed by atoms with Gasteiger partial charge in [0.25, 0.3) is 5.91 Å². The maximum atomic E-state index is 12.4. The number of carbonyl (C=O) groups excluding carboxylic acids is 1. The predicted octanol–water partition coefficient (Wildman–Crippen LogP) is 3.50. The fourth-order valence-corrected chi connectivity index (χ4v) is 3.08. The van der Waals surface area contributed by atoms with Crippen LogP contribution in [-0.4, -0.2) is 49.1 Å². The lowest BCUT2D eigenvalue weighted by Crippen LogP contribution is -2.34. The maximum absolute atomic E-state index is 12.4. The molecule has 6 heteroatoms. The van der Waals surface area contributed by atoms with Crippen LogP contribution in [0.2, 0.25) is 0 Å². The molecule has 0 aliphatic carbocycles. The average Bonchev–Trinajstić information content (AvgIpc) is 3.13. The summed E-state index contributed by atoms with van der Waals surface area (Å²) in [6.07, 6.45) is 0.587. The van der Waals surface area contributed by atoms with Crippen LogP contribution in [0.5, 0.6) is 5.75 Å². The molecule has 0 unspecified atom stereocenters. The van der Waals surface area contributed by atoms with Crippen LogP contribution in [0.4, 0.5) is 0 Å². The number of nitrogens with one attached hydrogen (secondary N) is 1. The third kappa shape index (κ3) is 4.89. The van der Waals surface area contributed by atoms with E-state index in [1.165, 1.54) is 0 Å². The van der Waals surface area contributed by atoms with Gasteiger partial charge in [-0.1, -0.05) is 26.0 Å². The molecule has 3 aromatic rings. The Hall–Kier alpha value is -2.86. The van der Waals surface area contributed by atoms with E-state index >= 15 is 0 Å². The summed E-state index contributed by atoms with van der Waals surface area (Å²) >= 11 is 0. The highest BCUT2D eigenvalue weighted by atomic mass is 16.5. The molecule has 6 nitrogen and oxygen atoms in total. The highest BCUT2D eigenvalue weighted by Gasteiger charge is 2.11. The Labute approximate surface area is 165 Å². The Kier molecular flexibility index (Phi) is 6.66. The predicted molar refractivity (Wildman–Crippen MR) is 110 cm³/mol. The first-order valence-corrected chi connectivity index (χ1v) is 9.65. The van der Waals surface area contributed by atoms with Crippen molar-refractivity contribution >= 4 is 17.0 Å². The van der Waals surface area contributed by atoms with Gasteiger partial charge < -0.3 is 19.4 Å². The van der Waals surface area contributed by atoms with Crippen molar-refractivity contribution in [2.45, 2.75) is 20.3 Å². The molecule has 0 aliphatic heterocycles. The van der Waals surface area contributed by atoms with Gasteiger partial charge >= 0.3 is 0 Å². The number of oxazole rings is 1. The third-order valence-corrected chi connectivity index (χ3v) is 4.82. The van der Waals surface area contributed by atoms with E-state index in [9.17, 15) is 4.79 Å². The number of amides is 1. The molecule has 0 radical (unpaired) electrons. The minimum atomic E-state index is -0.0952. The molecule has 2 aromatic carbocycles. The number of rotatable bonds is 9. The van der Waals surface area contributed by atoms with Crippen LogP contribution in [0.1, 0.15) is 35.7 Å². The molecule has 148 valence electrons. The number of hydrogen-bond acceptors (Lipinski definition) is 5. The molecule has 1 aromatic heterocycles. The van der Waals surface area contributed by atoms with Crippen molar-refractivity contribution in [1.82, 2.24) is 15.2 Å². The van der Waals surface area contributed by atoms with Gasteiger partial charge in [0.1, 0.15) is 11.3 Å². The molecule has 0 bridgehead atoms. The minimum Gasteiger partial charge on any atom is -0.497 e. The van der Waals surface area contributed by atoms with Gasteiger partial charge in [-0.25, -0.2) is 4.98 Å². The monoisotopic (exact) mass is 381 g/mol. The number of benzene rings is 2. The van der Waals surface area contributed by atoms with E-state index in [2.05, 4.69) is 29.0 Å². The molecular formula is C22H27N3O3. The lowest BCUT2D eigenvalue weighted by Gasteiger charge is -2.17. The van der Waals surface area contributed by atoms with E-state index in [1.54, 1.807) is 19.2 Å². The summed E-state index contributed by atoms with van der Waals surface area (Å²) in [5.41, 5.74) is 3.05. The summed E-state index contributed by atoms with van der Waals surface area (Å²) in [7, 11) is 1.65. The first-order valence-electron chi connectivity index (χ1n) is 9.65. The molecule has 3 rings (SSSR count). The van der Waals surface area contributed by atoms with E-state index < -0.39 is 0 Å². The first kappa shape index (κ1) is 19.9. The van der Waals surface area contributed by atoms with Crippen LogP contribution < -0.4 is 10.1 Å². The fourth-order valence-electron chi connectivity index (χ4n) is 3.08. The number of aromatic nitrogens is 1. The number of ether oxygens (including phenoxy) is 1. The van der Waals surface area contributed by atoms with E-state index in [-0.39, 0.29) is 5.91 Å². The van der Waals surface area contributed by atoms with Crippen molar-refractivity contribution < 1.29 is 13.9 Å². The summed E-state index contributed by atoms with van der Waals surface area (Å²) in [4.78, 5) is 19.2. The van der Waals surface area contributed by atoms with Gasteiger partial charge in [0.05, 0.1) is 7.11 Å². The molecule has 1 amide bonds. The Morgan fingerprint density at radius 3 is 2.57 bits per heavy atom. The van der Waals surface area contributed by atoms with Crippen molar-refractivity contribution in [1.29, 1.82) is 0 Å². The van der Waals surface area contributed by atoms with Gasteiger partial charge in [-0.3, -0.25) is 4.79 Å². The zero-order valence-electron chi connectivity index (χ0n) is 16.7.